The fourth-order valence-corrected chi connectivity index (χ4v) is 6.62. The molecule has 2 amide bonds. The van der Waals surface area contributed by atoms with Crippen LogP contribution in [0.25, 0.3) is 10.9 Å². The van der Waals surface area contributed by atoms with E-state index in [4.69, 9.17) is 32.8 Å². The highest BCUT2D eigenvalue weighted by atomic mass is 35.5. The molecule has 0 aliphatic carbocycles. The summed E-state index contributed by atoms with van der Waals surface area (Å²) in [7, 11) is 0. The number of aromatic nitrogens is 1. The Bertz CT molecular complexity index is 1980. The molecule has 4 N–H and O–H groups in total. The van der Waals surface area contributed by atoms with Gasteiger partial charge in [0, 0.05) is 36.4 Å². The molecule has 52 heavy (non-hydrogen) atoms. The summed E-state index contributed by atoms with van der Waals surface area (Å²) in [5, 5.41) is 20.5. The summed E-state index contributed by atoms with van der Waals surface area (Å²) in [6, 6.07) is 19.0. The number of carboxylic acids is 1. The van der Waals surface area contributed by atoms with E-state index >= 15 is 0 Å². The van der Waals surface area contributed by atoms with Crippen molar-refractivity contribution in [2.24, 2.45) is 11.1 Å². The number of amides is 2. The fraction of sp³-hybridized carbons (Fsp3) is 0.316. The molecule has 1 aliphatic rings. The van der Waals surface area contributed by atoms with Gasteiger partial charge < -0.3 is 30.3 Å². The number of halogens is 2. The van der Waals surface area contributed by atoms with Gasteiger partial charge >= 0.3 is 11.9 Å². The Kier molecular flexibility index (Phi) is 12.3. The van der Waals surface area contributed by atoms with Crippen LogP contribution in [0.15, 0.2) is 84.1 Å². The van der Waals surface area contributed by atoms with Gasteiger partial charge in [-0.15, -0.1) is 0 Å². The SMILES string of the molecule is CC(C)C(NC(=O)CCc1c[nH]c2ccccc12)C1=NOC(Cc2ccccc2)(C(=O)NC(CC(=O)O)C(=O)COC(=O)c2c(Cl)cccc2Cl)C1. The van der Waals surface area contributed by atoms with E-state index < -0.39 is 54.3 Å². The minimum Gasteiger partial charge on any atom is -0.481 e. The molecule has 5 rings (SSSR count). The van der Waals surface area contributed by atoms with Crippen molar-refractivity contribution in [2.75, 3.05) is 6.61 Å². The number of ether oxygens (including phenoxy) is 1. The number of rotatable bonds is 16. The number of benzene rings is 3. The van der Waals surface area contributed by atoms with Crippen molar-refractivity contribution in [2.45, 2.75) is 63.6 Å². The molecule has 2 heterocycles. The molecule has 14 heteroatoms. The largest absolute Gasteiger partial charge is 0.481 e. The Morgan fingerprint density at radius 2 is 1.65 bits per heavy atom. The van der Waals surface area contributed by atoms with Crippen LogP contribution in [0.5, 0.6) is 0 Å². The molecule has 12 nitrogen and oxygen atoms in total. The molecule has 3 unspecified atom stereocenters. The average Bonchev–Trinajstić information content (AvgIpc) is 3.73. The van der Waals surface area contributed by atoms with Gasteiger partial charge in [0.2, 0.25) is 11.5 Å². The predicted octanol–water partition coefficient (Wildman–Crippen LogP) is 5.69. The number of hydrogen-bond acceptors (Lipinski definition) is 8. The van der Waals surface area contributed by atoms with Gasteiger partial charge in [-0.25, -0.2) is 4.79 Å². The molecule has 0 saturated heterocycles. The molecule has 3 aromatic carbocycles. The Hall–Kier alpha value is -5.20. The summed E-state index contributed by atoms with van der Waals surface area (Å²) in [6.45, 7) is 2.94. The standard InChI is InChI=1S/C38H38Cl2N4O8/c1-22(2)35(43-32(46)16-15-24-20-41-28-14-7-6-11-25(24)28)30-19-38(52-44-30,18-23-9-4-3-5-10-23)37(50)42-29(17-33(47)48)31(45)21-51-36(49)34-26(39)12-8-13-27(34)40/h3-14,20,22,29,35,41H,15-19,21H2,1-2H3,(H,42,50)(H,43,46)(H,47,48). The van der Waals surface area contributed by atoms with Crippen LogP contribution < -0.4 is 10.6 Å². The van der Waals surface area contributed by atoms with Crippen LogP contribution in [-0.4, -0.2) is 69.6 Å². The van der Waals surface area contributed by atoms with Gasteiger partial charge in [-0.2, -0.15) is 0 Å². The molecule has 0 bridgehead atoms. The van der Waals surface area contributed by atoms with Gasteiger partial charge in [0.05, 0.1) is 33.8 Å². The zero-order valence-corrected chi connectivity index (χ0v) is 30.0. The number of ketones is 1. The van der Waals surface area contributed by atoms with Crippen molar-refractivity contribution >= 4 is 69.4 Å². The van der Waals surface area contributed by atoms with E-state index in [0.717, 1.165) is 16.5 Å². The number of aliphatic carboxylic acids is 1. The van der Waals surface area contributed by atoms with E-state index in [-0.39, 0.29) is 46.7 Å². The lowest BCUT2D eigenvalue weighted by Crippen LogP contribution is -2.55. The van der Waals surface area contributed by atoms with Gasteiger partial charge in [-0.3, -0.25) is 19.2 Å². The van der Waals surface area contributed by atoms with E-state index in [2.05, 4.69) is 20.8 Å². The number of carbonyl (C=O) groups excluding carboxylic acids is 4. The van der Waals surface area contributed by atoms with Crippen molar-refractivity contribution in [3.05, 3.63) is 106 Å². The topological polar surface area (TPSA) is 176 Å². The van der Waals surface area contributed by atoms with Crippen LogP contribution in [0.4, 0.5) is 0 Å². The van der Waals surface area contributed by atoms with Crippen molar-refractivity contribution < 1.29 is 38.7 Å². The first-order valence-corrected chi connectivity index (χ1v) is 17.4. The third-order valence-electron chi connectivity index (χ3n) is 8.77. The number of H-pyrrole nitrogens is 1. The lowest BCUT2D eigenvalue weighted by Gasteiger charge is -2.29. The molecule has 1 aliphatic heterocycles. The number of Topliss-reactive ketones (excluding diaryl/α,β-unsaturated/α-hetero) is 1. The molecule has 0 radical (unpaired) electrons. The molecule has 1 aromatic heterocycles. The number of oxime groups is 1. The second kappa shape index (κ2) is 16.9. The number of aryl methyl sites for hydroxylation is 1. The minimum atomic E-state index is -1.70. The maximum Gasteiger partial charge on any atom is 0.341 e. The highest BCUT2D eigenvalue weighted by Gasteiger charge is 2.49. The number of carboxylic acid groups (broad SMARTS) is 1. The van der Waals surface area contributed by atoms with Crippen LogP contribution in [-0.2, 0) is 41.6 Å². The van der Waals surface area contributed by atoms with Gasteiger partial charge in [-0.1, -0.05) is 96.8 Å². The van der Waals surface area contributed by atoms with Crippen LogP contribution >= 0.6 is 23.2 Å². The molecule has 0 fully saturated rings. The lowest BCUT2D eigenvalue weighted by atomic mass is 9.84. The summed E-state index contributed by atoms with van der Waals surface area (Å²) in [6.07, 6.45) is 1.76. The van der Waals surface area contributed by atoms with Gasteiger partial charge in [0.25, 0.3) is 5.91 Å². The lowest BCUT2D eigenvalue weighted by molar-refractivity contribution is -0.148. The Morgan fingerprint density at radius 3 is 2.35 bits per heavy atom. The monoisotopic (exact) mass is 748 g/mol. The normalized spacial score (nSPS) is 16.4. The van der Waals surface area contributed by atoms with Crippen LogP contribution in [0, 0.1) is 5.92 Å². The summed E-state index contributed by atoms with van der Waals surface area (Å²) < 4.78 is 5.12. The number of nitrogens with one attached hydrogen (secondary N) is 3. The number of para-hydroxylation sites is 1. The van der Waals surface area contributed by atoms with Crippen molar-refractivity contribution in [3.63, 3.8) is 0 Å². The highest BCUT2D eigenvalue weighted by molar-refractivity contribution is 6.39. The van der Waals surface area contributed by atoms with Crippen molar-refractivity contribution in [3.8, 4) is 0 Å². The second-order valence-electron chi connectivity index (χ2n) is 12.9. The number of aromatic amines is 1. The smallest absolute Gasteiger partial charge is 0.341 e. The minimum absolute atomic E-state index is 0.00236. The second-order valence-corrected chi connectivity index (χ2v) is 13.7. The molecule has 3 atom stereocenters. The predicted molar refractivity (Wildman–Crippen MR) is 195 cm³/mol. The molecule has 272 valence electrons. The molecule has 4 aromatic rings. The Balaban J connectivity index is 1.30. The number of fused-ring (bicyclic) bond motifs is 1. The third-order valence-corrected chi connectivity index (χ3v) is 9.40. The van der Waals surface area contributed by atoms with E-state index in [0.29, 0.717) is 17.7 Å². The van der Waals surface area contributed by atoms with Crippen LogP contribution in [0.1, 0.15) is 54.6 Å². The average molecular weight is 750 g/mol. The van der Waals surface area contributed by atoms with Crippen LogP contribution in [0.3, 0.4) is 0 Å². The fourth-order valence-electron chi connectivity index (χ4n) is 6.07. The van der Waals surface area contributed by atoms with Gasteiger partial charge in [0.1, 0.15) is 6.04 Å². The third kappa shape index (κ3) is 9.17. The van der Waals surface area contributed by atoms with E-state index in [9.17, 15) is 29.1 Å². The highest BCUT2D eigenvalue weighted by Crippen LogP contribution is 2.32. The number of esters is 1. The first-order chi connectivity index (χ1) is 24.9. The van der Waals surface area contributed by atoms with Gasteiger partial charge in [-0.05, 0) is 41.7 Å². The summed E-state index contributed by atoms with van der Waals surface area (Å²) in [4.78, 5) is 74.3. The van der Waals surface area contributed by atoms with E-state index in [1.54, 1.807) is 24.3 Å². The molecular formula is C38H38Cl2N4O8. The first-order valence-electron chi connectivity index (χ1n) is 16.7. The maximum atomic E-state index is 14.1. The summed E-state index contributed by atoms with van der Waals surface area (Å²) in [5.41, 5.74) is 1.27. The van der Waals surface area contributed by atoms with Crippen molar-refractivity contribution in [1.29, 1.82) is 0 Å². The number of nitrogens with zero attached hydrogens (tertiary/aromatic N) is 1. The first kappa shape index (κ1) is 38.0. The molecule has 0 saturated carbocycles. The zero-order valence-electron chi connectivity index (χ0n) is 28.5. The summed E-state index contributed by atoms with van der Waals surface area (Å²) >= 11 is 12.2. The van der Waals surface area contributed by atoms with Gasteiger partial charge in [0.15, 0.2) is 12.4 Å². The number of carbonyl (C=O) groups is 5. The summed E-state index contributed by atoms with van der Waals surface area (Å²) in [5.74, 6) is -4.41. The van der Waals surface area contributed by atoms with E-state index in [1.165, 1.54) is 18.2 Å². The Morgan fingerprint density at radius 1 is 0.962 bits per heavy atom. The molecular weight excluding hydrogens is 711 g/mol. The van der Waals surface area contributed by atoms with Crippen molar-refractivity contribution in [1.82, 2.24) is 15.6 Å². The molecule has 0 spiro atoms. The maximum absolute atomic E-state index is 14.1. The van der Waals surface area contributed by atoms with E-state index in [1.807, 2.05) is 50.4 Å². The van der Waals surface area contributed by atoms with Crippen LogP contribution in [0.2, 0.25) is 10.0 Å². The Labute approximate surface area is 309 Å². The number of hydrogen-bond donors (Lipinski definition) is 4. The zero-order chi connectivity index (χ0) is 37.4. The quantitative estimate of drug-likeness (QED) is 0.106.